The van der Waals surface area contributed by atoms with Crippen LogP contribution < -0.4 is 5.32 Å². The smallest absolute Gasteiger partial charge is 0.211 e. The molecule has 5 nitrogen and oxygen atoms in total. The quantitative estimate of drug-likeness (QED) is 0.798. The van der Waals surface area contributed by atoms with Crippen molar-refractivity contribution in [3.8, 4) is 0 Å². The predicted molar refractivity (Wildman–Crippen MR) is 86.9 cm³/mol. The SMILES string of the molecule is CCN(CC(C1CCCCC1)N1CCNCC1)S(C)(=O)=O. The molecule has 21 heavy (non-hydrogen) atoms. The number of nitrogens with one attached hydrogen (secondary N) is 1. The molecule has 124 valence electrons. The van der Waals surface area contributed by atoms with Crippen molar-refractivity contribution in [2.75, 3.05) is 45.5 Å². The summed E-state index contributed by atoms with van der Waals surface area (Å²) in [6.07, 6.45) is 7.81. The minimum atomic E-state index is -3.10. The Morgan fingerprint density at radius 2 is 1.81 bits per heavy atom. The molecular formula is C15H31N3O2S. The summed E-state index contributed by atoms with van der Waals surface area (Å²) in [5.41, 5.74) is 0. The van der Waals surface area contributed by atoms with E-state index < -0.39 is 10.0 Å². The van der Waals surface area contributed by atoms with Crippen LogP contribution >= 0.6 is 0 Å². The lowest BCUT2D eigenvalue weighted by Gasteiger charge is -2.42. The van der Waals surface area contributed by atoms with Gasteiger partial charge in [0.25, 0.3) is 0 Å². The average Bonchev–Trinajstić information content (AvgIpc) is 2.49. The highest BCUT2D eigenvalue weighted by Crippen LogP contribution is 2.30. The predicted octanol–water partition coefficient (Wildman–Crippen LogP) is 1.12. The molecular weight excluding hydrogens is 286 g/mol. The van der Waals surface area contributed by atoms with E-state index in [1.165, 1.54) is 38.4 Å². The van der Waals surface area contributed by atoms with E-state index in [0.717, 1.165) is 26.2 Å². The van der Waals surface area contributed by atoms with E-state index >= 15 is 0 Å². The molecule has 1 aliphatic carbocycles. The van der Waals surface area contributed by atoms with Crippen LogP contribution in [-0.2, 0) is 10.0 Å². The zero-order chi connectivity index (χ0) is 15.3. The van der Waals surface area contributed by atoms with Gasteiger partial charge in [0, 0.05) is 45.3 Å². The summed E-state index contributed by atoms with van der Waals surface area (Å²) in [7, 11) is -3.10. The van der Waals surface area contributed by atoms with Gasteiger partial charge < -0.3 is 5.32 Å². The topological polar surface area (TPSA) is 52.6 Å². The highest BCUT2D eigenvalue weighted by Gasteiger charge is 2.32. The van der Waals surface area contributed by atoms with Gasteiger partial charge in [-0.25, -0.2) is 12.7 Å². The third-order valence-corrected chi connectivity index (χ3v) is 6.37. The Labute approximate surface area is 130 Å². The second-order valence-corrected chi connectivity index (χ2v) is 8.45. The van der Waals surface area contributed by atoms with Gasteiger partial charge in [0.05, 0.1) is 6.26 Å². The number of hydrogen-bond acceptors (Lipinski definition) is 4. The summed E-state index contributed by atoms with van der Waals surface area (Å²) < 4.78 is 25.6. The summed E-state index contributed by atoms with van der Waals surface area (Å²) in [6, 6.07) is 0.391. The van der Waals surface area contributed by atoms with Gasteiger partial charge in [-0.2, -0.15) is 0 Å². The van der Waals surface area contributed by atoms with E-state index in [-0.39, 0.29) is 0 Å². The van der Waals surface area contributed by atoms with Gasteiger partial charge in [-0.1, -0.05) is 26.2 Å². The Morgan fingerprint density at radius 3 is 2.33 bits per heavy atom. The maximum absolute atomic E-state index is 12.0. The Hall–Kier alpha value is -0.170. The number of hydrogen-bond donors (Lipinski definition) is 1. The molecule has 2 rings (SSSR count). The van der Waals surface area contributed by atoms with Crippen molar-refractivity contribution in [1.29, 1.82) is 0 Å². The third-order valence-electron chi connectivity index (χ3n) is 5.03. The fourth-order valence-corrected chi connectivity index (χ4v) is 4.70. The summed E-state index contributed by atoms with van der Waals surface area (Å²) in [5.74, 6) is 0.660. The molecule has 0 aromatic carbocycles. The van der Waals surface area contributed by atoms with Crippen LogP contribution in [-0.4, -0.2) is 69.2 Å². The number of likely N-dealkylation sites (N-methyl/N-ethyl adjacent to an activating group) is 1. The average molecular weight is 317 g/mol. The molecule has 1 heterocycles. The summed E-state index contributed by atoms with van der Waals surface area (Å²) in [5, 5.41) is 3.40. The van der Waals surface area contributed by atoms with E-state index in [0.29, 0.717) is 25.0 Å². The molecule has 2 aliphatic rings. The number of nitrogens with zero attached hydrogens (tertiary/aromatic N) is 2. The van der Waals surface area contributed by atoms with Crippen molar-refractivity contribution in [2.45, 2.75) is 45.1 Å². The molecule has 0 spiro atoms. The second kappa shape index (κ2) is 7.90. The van der Waals surface area contributed by atoms with Crippen LogP contribution in [0.15, 0.2) is 0 Å². The molecule has 1 saturated carbocycles. The first-order valence-corrected chi connectivity index (χ1v) is 10.3. The number of piperazine rings is 1. The van der Waals surface area contributed by atoms with Crippen molar-refractivity contribution < 1.29 is 8.42 Å². The lowest BCUT2D eigenvalue weighted by atomic mass is 9.83. The van der Waals surface area contributed by atoms with Crippen LogP contribution in [0.1, 0.15) is 39.0 Å². The van der Waals surface area contributed by atoms with Gasteiger partial charge in [-0.05, 0) is 18.8 Å². The van der Waals surface area contributed by atoms with Gasteiger partial charge in [0.15, 0.2) is 0 Å². The van der Waals surface area contributed by atoms with Gasteiger partial charge in [0.2, 0.25) is 10.0 Å². The number of sulfonamides is 1. The first kappa shape index (κ1) is 17.2. The molecule has 0 amide bonds. The molecule has 1 unspecified atom stereocenters. The molecule has 0 bridgehead atoms. The minimum Gasteiger partial charge on any atom is -0.314 e. The van der Waals surface area contributed by atoms with Gasteiger partial charge >= 0.3 is 0 Å². The lowest BCUT2D eigenvalue weighted by molar-refractivity contribution is 0.0885. The largest absolute Gasteiger partial charge is 0.314 e. The van der Waals surface area contributed by atoms with Crippen LogP contribution in [0.3, 0.4) is 0 Å². The number of rotatable bonds is 6. The zero-order valence-corrected chi connectivity index (χ0v) is 14.4. The fourth-order valence-electron chi connectivity index (χ4n) is 3.80. The Bertz CT molecular complexity index is 383. The lowest BCUT2D eigenvalue weighted by Crippen LogP contribution is -2.55. The highest BCUT2D eigenvalue weighted by molar-refractivity contribution is 7.88. The summed E-state index contributed by atoms with van der Waals surface area (Å²) in [4.78, 5) is 2.53. The minimum absolute atomic E-state index is 0.391. The van der Waals surface area contributed by atoms with Gasteiger partial charge in [-0.3, -0.25) is 4.90 Å². The van der Waals surface area contributed by atoms with Crippen molar-refractivity contribution >= 4 is 10.0 Å². The van der Waals surface area contributed by atoms with Crippen molar-refractivity contribution in [3.63, 3.8) is 0 Å². The molecule has 1 saturated heterocycles. The molecule has 1 atom stereocenters. The van der Waals surface area contributed by atoms with E-state index in [4.69, 9.17) is 0 Å². The van der Waals surface area contributed by atoms with Gasteiger partial charge in [-0.15, -0.1) is 0 Å². The summed E-state index contributed by atoms with van der Waals surface area (Å²) in [6.45, 7) is 7.32. The van der Waals surface area contributed by atoms with Crippen molar-refractivity contribution in [3.05, 3.63) is 0 Å². The Kier molecular flexibility index (Phi) is 6.47. The Morgan fingerprint density at radius 1 is 1.19 bits per heavy atom. The van der Waals surface area contributed by atoms with Crippen LogP contribution in [0.25, 0.3) is 0 Å². The standard InChI is InChI=1S/C15H31N3O2S/c1-3-18(21(2,19)20)13-15(14-7-5-4-6-8-14)17-11-9-16-10-12-17/h14-16H,3-13H2,1-2H3. The molecule has 2 fully saturated rings. The molecule has 1 aliphatic heterocycles. The highest BCUT2D eigenvalue weighted by atomic mass is 32.2. The molecule has 1 N–H and O–H groups in total. The maximum atomic E-state index is 12.0. The van der Waals surface area contributed by atoms with E-state index in [1.807, 2.05) is 6.92 Å². The first-order valence-electron chi connectivity index (χ1n) is 8.42. The van der Waals surface area contributed by atoms with Crippen molar-refractivity contribution in [2.24, 2.45) is 5.92 Å². The molecule has 6 heteroatoms. The third kappa shape index (κ3) is 4.91. The second-order valence-electron chi connectivity index (χ2n) is 6.47. The van der Waals surface area contributed by atoms with Crippen LogP contribution in [0.5, 0.6) is 0 Å². The van der Waals surface area contributed by atoms with Crippen LogP contribution in [0.2, 0.25) is 0 Å². The van der Waals surface area contributed by atoms with E-state index in [9.17, 15) is 8.42 Å². The van der Waals surface area contributed by atoms with Crippen molar-refractivity contribution in [1.82, 2.24) is 14.5 Å². The first-order chi connectivity index (χ1) is 10.0. The molecule has 0 aromatic heterocycles. The summed E-state index contributed by atoms with van der Waals surface area (Å²) >= 11 is 0. The Balaban J connectivity index is 2.09. The molecule has 0 radical (unpaired) electrons. The normalized spacial score (nSPS) is 24.3. The van der Waals surface area contributed by atoms with Crippen LogP contribution in [0, 0.1) is 5.92 Å². The molecule has 0 aromatic rings. The van der Waals surface area contributed by atoms with E-state index in [1.54, 1.807) is 4.31 Å². The van der Waals surface area contributed by atoms with E-state index in [2.05, 4.69) is 10.2 Å². The monoisotopic (exact) mass is 317 g/mol. The zero-order valence-electron chi connectivity index (χ0n) is 13.6. The maximum Gasteiger partial charge on any atom is 0.211 e. The van der Waals surface area contributed by atoms with Crippen LogP contribution in [0.4, 0.5) is 0 Å². The fraction of sp³-hybridized carbons (Fsp3) is 1.00. The van der Waals surface area contributed by atoms with Gasteiger partial charge in [0.1, 0.15) is 0 Å².